The van der Waals surface area contributed by atoms with Crippen LogP contribution in [0.4, 0.5) is 17.6 Å². The van der Waals surface area contributed by atoms with E-state index in [1.54, 1.807) is 0 Å². The first-order chi connectivity index (χ1) is 11.4. The number of aromatic amines is 1. The van der Waals surface area contributed by atoms with E-state index in [2.05, 4.69) is 0 Å². The zero-order valence-corrected chi connectivity index (χ0v) is 13.4. The maximum Gasteiger partial charge on any atom is 0.431 e. The normalized spacial score (nSPS) is 15.5. The van der Waals surface area contributed by atoms with E-state index in [4.69, 9.17) is 21.1 Å². The molecule has 0 bridgehead atoms. The molecule has 11 heteroatoms. The largest absolute Gasteiger partial charge is 0.447 e. The van der Waals surface area contributed by atoms with Crippen molar-refractivity contribution in [1.29, 1.82) is 0 Å². The summed E-state index contributed by atoms with van der Waals surface area (Å²) in [6.07, 6.45) is -4.94. The van der Waals surface area contributed by atoms with Gasteiger partial charge in [0.25, 0.3) is 5.56 Å². The van der Waals surface area contributed by atoms with Crippen molar-refractivity contribution in [1.82, 2.24) is 9.55 Å². The van der Waals surface area contributed by atoms with Crippen molar-refractivity contribution in [2.45, 2.75) is 25.8 Å². The van der Waals surface area contributed by atoms with Gasteiger partial charge in [-0.3, -0.25) is 4.79 Å². The number of nitrogens with one attached hydrogen (secondary N) is 1. The molecule has 1 aliphatic heterocycles. The van der Waals surface area contributed by atoms with Crippen LogP contribution >= 0.6 is 11.6 Å². The lowest BCUT2D eigenvalue weighted by Gasteiger charge is -2.17. The Balaban J connectivity index is 2.32. The number of aromatic nitrogens is 2. The number of nitrogens with zero attached hydrogens (tertiary/aromatic N) is 1. The Labute approximate surface area is 141 Å². The average Bonchev–Trinajstić information content (AvgIpc) is 2.76. The van der Waals surface area contributed by atoms with Gasteiger partial charge in [-0.25, -0.2) is 13.8 Å². The Morgan fingerprint density at radius 2 is 1.76 bits per heavy atom. The van der Waals surface area contributed by atoms with Crippen molar-refractivity contribution in [3.05, 3.63) is 49.5 Å². The molecule has 6 nitrogen and oxygen atoms in total. The highest BCUT2D eigenvalue weighted by Crippen LogP contribution is 2.48. The smallest absolute Gasteiger partial charge is 0.431 e. The Hall–Kier alpha value is -2.49. The number of hydrogen-bond acceptors (Lipinski definition) is 4. The van der Waals surface area contributed by atoms with Crippen LogP contribution in [0.2, 0.25) is 5.02 Å². The molecule has 0 fully saturated rings. The molecule has 0 saturated heterocycles. The zero-order chi connectivity index (χ0) is 18.7. The highest BCUT2D eigenvalue weighted by molar-refractivity contribution is 6.32. The first-order valence-corrected chi connectivity index (χ1v) is 7.12. The van der Waals surface area contributed by atoms with Crippen LogP contribution in [0.15, 0.2) is 21.7 Å². The van der Waals surface area contributed by atoms with Crippen molar-refractivity contribution in [2.75, 3.05) is 0 Å². The van der Waals surface area contributed by atoms with Gasteiger partial charge in [0.2, 0.25) is 5.79 Å². The summed E-state index contributed by atoms with van der Waals surface area (Å²) >= 11 is 5.86. The summed E-state index contributed by atoms with van der Waals surface area (Å²) in [6, 6.07) is 0.910. The third-order valence-electron chi connectivity index (χ3n) is 3.28. The molecule has 1 aromatic carbocycles. The summed E-state index contributed by atoms with van der Waals surface area (Å²) in [7, 11) is 0. The Morgan fingerprint density at radius 1 is 1.16 bits per heavy atom. The van der Waals surface area contributed by atoms with E-state index in [1.165, 1.54) is 18.8 Å². The summed E-state index contributed by atoms with van der Waals surface area (Å²) < 4.78 is 63.4. The van der Waals surface area contributed by atoms with Crippen molar-refractivity contribution in [2.24, 2.45) is 0 Å². The molecule has 2 heterocycles. The second-order valence-electron chi connectivity index (χ2n) is 5.61. The molecule has 1 aliphatic rings. The van der Waals surface area contributed by atoms with Gasteiger partial charge in [-0.1, -0.05) is 11.6 Å². The molecule has 0 radical (unpaired) electrons. The number of hydrogen-bond donors (Lipinski definition) is 1. The summed E-state index contributed by atoms with van der Waals surface area (Å²) in [5.74, 6) is -2.91. The van der Waals surface area contributed by atoms with Crippen molar-refractivity contribution in [3.8, 4) is 17.2 Å². The highest BCUT2D eigenvalue weighted by Gasteiger charge is 2.39. The topological polar surface area (TPSA) is 73.3 Å². The van der Waals surface area contributed by atoms with Crippen LogP contribution in [0.25, 0.3) is 5.69 Å². The molecular formula is C14H9ClF4N2O4. The summed E-state index contributed by atoms with van der Waals surface area (Å²) in [6.45, 7) is 2.93. The SMILES string of the molecule is CC1(C)Oc2c(Cl)cc(F)c(-n3c(=O)cc(C(F)(F)F)[nH]c3=O)c2O1. The highest BCUT2D eigenvalue weighted by atomic mass is 35.5. The van der Waals surface area contributed by atoms with Gasteiger partial charge < -0.3 is 14.5 Å². The molecule has 0 saturated carbocycles. The number of H-pyrrole nitrogens is 1. The van der Waals surface area contributed by atoms with E-state index in [0.717, 1.165) is 6.07 Å². The van der Waals surface area contributed by atoms with Gasteiger partial charge in [0, 0.05) is 19.9 Å². The molecule has 2 aromatic rings. The third-order valence-corrected chi connectivity index (χ3v) is 3.56. The maximum atomic E-state index is 14.4. The Kier molecular flexibility index (Phi) is 3.64. The molecular weight excluding hydrogens is 372 g/mol. The van der Waals surface area contributed by atoms with Gasteiger partial charge in [0.15, 0.2) is 17.3 Å². The van der Waals surface area contributed by atoms with Crippen molar-refractivity contribution >= 4 is 11.6 Å². The van der Waals surface area contributed by atoms with Gasteiger partial charge in [-0.05, 0) is 6.07 Å². The maximum absolute atomic E-state index is 14.4. The lowest BCUT2D eigenvalue weighted by molar-refractivity contribution is -0.141. The average molecular weight is 381 g/mol. The van der Waals surface area contributed by atoms with Crippen LogP contribution in [-0.2, 0) is 6.18 Å². The molecule has 3 rings (SSSR count). The molecule has 0 spiro atoms. The minimum absolute atomic E-state index is 0.130. The van der Waals surface area contributed by atoms with E-state index in [0.29, 0.717) is 0 Å². The summed E-state index contributed by atoms with van der Waals surface area (Å²) in [5.41, 5.74) is -5.13. The van der Waals surface area contributed by atoms with E-state index in [-0.39, 0.29) is 27.2 Å². The summed E-state index contributed by atoms with van der Waals surface area (Å²) in [4.78, 5) is 25.6. The predicted molar refractivity (Wildman–Crippen MR) is 78.0 cm³/mol. The van der Waals surface area contributed by atoms with Gasteiger partial charge in [0.05, 0.1) is 5.02 Å². The van der Waals surface area contributed by atoms with Crippen LogP contribution in [0.5, 0.6) is 11.5 Å². The number of fused-ring (bicyclic) bond motifs is 1. The standard InChI is InChI=1S/C14H9ClF4N2O4/c1-13(2)24-10-5(15)3-6(16)9(11(10)25-13)21-8(22)4-7(14(17,18)19)20-12(21)23/h3-4H,1-2H3,(H,20,23). The fraction of sp³-hybridized carbons (Fsp3) is 0.286. The van der Waals surface area contributed by atoms with Crippen molar-refractivity contribution in [3.63, 3.8) is 0 Å². The van der Waals surface area contributed by atoms with Crippen LogP contribution in [-0.4, -0.2) is 15.3 Å². The number of alkyl halides is 3. The second kappa shape index (κ2) is 5.25. The number of benzene rings is 1. The summed E-state index contributed by atoms with van der Waals surface area (Å²) in [5, 5.41) is -0.182. The van der Waals surface area contributed by atoms with Gasteiger partial charge >= 0.3 is 11.9 Å². The quantitative estimate of drug-likeness (QED) is 0.772. The molecule has 0 amide bonds. The van der Waals surface area contributed by atoms with Gasteiger partial charge in [0.1, 0.15) is 11.4 Å². The van der Waals surface area contributed by atoms with E-state index < -0.39 is 40.4 Å². The minimum Gasteiger partial charge on any atom is -0.447 e. The molecule has 1 N–H and O–H groups in total. The second-order valence-corrected chi connectivity index (χ2v) is 6.02. The lowest BCUT2D eigenvalue weighted by Crippen LogP contribution is -2.36. The number of rotatable bonds is 1. The first kappa shape index (κ1) is 17.3. The van der Waals surface area contributed by atoms with Crippen LogP contribution in [0.3, 0.4) is 0 Å². The Morgan fingerprint density at radius 3 is 2.32 bits per heavy atom. The molecule has 0 atom stereocenters. The monoisotopic (exact) mass is 380 g/mol. The van der Waals surface area contributed by atoms with Crippen LogP contribution in [0.1, 0.15) is 19.5 Å². The van der Waals surface area contributed by atoms with Gasteiger partial charge in [-0.2, -0.15) is 13.2 Å². The van der Waals surface area contributed by atoms with E-state index >= 15 is 0 Å². The Bertz CT molecular complexity index is 963. The third kappa shape index (κ3) is 2.86. The number of halogens is 5. The molecule has 134 valence electrons. The van der Waals surface area contributed by atoms with Gasteiger partial charge in [-0.15, -0.1) is 0 Å². The van der Waals surface area contributed by atoms with Crippen molar-refractivity contribution < 1.29 is 27.0 Å². The molecule has 0 unspecified atom stereocenters. The fourth-order valence-corrected chi connectivity index (χ4v) is 2.56. The van der Waals surface area contributed by atoms with Crippen LogP contribution < -0.4 is 20.7 Å². The lowest BCUT2D eigenvalue weighted by atomic mass is 10.2. The van der Waals surface area contributed by atoms with E-state index in [9.17, 15) is 27.2 Å². The fourth-order valence-electron chi connectivity index (χ4n) is 2.34. The molecule has 25 heavy (non-hydrogen) atoms. The minimum atomic E-state index is -4.94. The van der Waals surface area contributed by atoms with Crippen LogP contribution in [0, 0.1) is 5.82 Å². The first-order valence-electron chi connectivity index (χ1n) is 6.75. The number of ether oxygens (including phenoxy) is 2. The molecule has 1 aromatic heterocycles. The van der Waals surface area contributed by atoms with E-state index in [1.807, 2.05) is 0 Å². The molecule has 0 aliphatic carbocycles. The predicted octanol–water partition coefficient (Wildman–Crippen LogP) is 2.84. The zero-order valence-electron chi connectivity index (χ0n) is 12.6.